The zero-order chi connectivity index (χ0) is 7.82. The van der Waals surface area contributed by atoms with Crippen molar-refractivity contribution in [2.75, 3.05) is 14.1 Å². The zero-order valence-electron chi connectivity index (χ0n) is 7.83. The molecule has 1 aromatic heterocycles. The normalized spacial score (nSPS) is 6.08. The molecule has 1 rings (SSSR count). The minimum absolute atomic E-state index is 0. The van der Waals surface area contributed by atoms with E-state index >= 15 is 0 Å². The van der Waals surface area contributed by atoms with Crippen LogP contribution in [0.1, 0.15) is 5.69 Å². The van der Waals surface area contributed by atoms with Crippen LogP contribution in [0.4, 0.5) is 0 Å². The summed E-state index contributed by atoms with van der Waals surface area (Å²) in [5, 5.41) is 2.75. The Bertz CT molecular complexity index is 161. The van der Waals surface area contributed by atoms with Crippen LogP contribution in [0.5, 0.6) is 0 Å². The van der Waals surface area contributed by atoms with Gasteiger partial charge in [0, 0.05) is 11.9 Å². The Morgan fingerprint density at radius 1 is 1.15 bits per heavy atom. The number of nitrogens with zero attached hydrogens (tertiary/aromatic N) is 1. The molecule has 0 bridgehead atoms. The molecular formula is C8H14Cl2N2Pt. The summed E-state index contributed by atoms with van der Waals surface area (Å²) in [5.74, 6) is 0. The molecule has 0 unspecified atom stereocenters. The molecule has 80 valence electrons. The van der Waals surface area contributed by atoms with Gasteiger partial charge in [-0.25, -0.2) is 0 Å². The number of pyridine rings is 1. The summed E-state index contributed by atoms with van der Waals surface area (Å²) in [5.41, 5.74) is 1.07. The summed E-state index contributed by atoms with van der Waals surface area (Å²) >= 11 is 0. The first-order valence-corrected chi connectivity index (χ1v) is 3.27. The molecule has 13 heavy (non-hydrogen) atoms. The molecule has 0 atom stereocenters. The van der Waals surface area contributed by atoms with Crippen molar-refractivity contribution in [3.8, 4) is 0 Å². The van der Waals surface area contributed by atoms with Crippen LogP contribution in [0.3, 0.4) is 0 Å². The van der Waals surface area contributed by atoms with Crippen molar-refractivity contribution in [1.29, 1.82) is 0 Å². The van der Waals surface area contributed by atoms with E-state index in [0.717, 1.165) is 5.69 Å². The van der Waals surface area contributed by atoms with Crippen LogP contribution in [0.15, 0.2) is 24.4 Å². The van der Waals surface area contributed by atoms with Crippen LogP contribution in [0, 0.1) is 6.92 Å². The number of aryl methyl sites for hydroxylation is 1. The van der Waals surface area contributed by atoms with Gasteiger partial charge in [0.25, 0.3) is 0 Å². The number of hydrogen-bond acceptors (Lipinski definition) is 2. The molecular weight excluding hydrogens is 390 g/mol. The number of halogens is 2. The molecule has 2 nitrogen and oxygen atoms in total. The van der Waals surface area contributed by atoms with Gasteiger partial charge >= 0.3 is 21.1 Å². The van der Waals surface area contributed by atoms with Crippen LogP contribution in [0.25, 0.3) is 0 Å². The molecule has 0 saturated carbocycles. The summed E-state index contributed by atoms with van der Waals surface area (Å²) in [6, 6.07) is 5.86. The quantitative estimate of drug-likeness (QED) is 0.470. The van der Waals surface area contributed by atoms with Gasteiger partial charge < -0.3 is 30.1 Å². The maximum atomic E-state index is 3.98. The largest absolute Gasteiger partial charge is 2.00 e. The van der Waals surface area contributed by atoms with E-state index in [4.69, 9.17) is 0 Å². The smallest absolute Gasteiger partial charge is 1.00 e. The van der Waals surface area contributed by atoms with Crippen LogP contribution < -0.4 is 30.1 Å². The first-order valence-electron chi connectivity index (χ1n) is 3.27. The number of nitrogens with one attached hydrogen (secondary N) is 1. The number of aromatic nitrogens is 1. The third-order valence-corrected chi connectivity index (χ3v) is 0.813. The van der Waals surface area contributed by atoms with E-state index in [1.165, 1.54) is 0 Å². The molecule has 1 heterocycles. The Balaban J connectivity index is -0.0000000615. The van der Waals surface area contributed by atoms with Gasteiger partial charge in [-0.1, -0.05) is 6.07 Å². The second-order valence-electron chi connectivity index (χ2n) is 1.97. The maximum Gasteiger partial charge on any atom is 2.00 e. The van der Waals surface area contributed by atoms with Crippen molar-refractivity contribution in [3.05, 3.63) is 30.1 Å². The molecule has 0 aliphatic rings. The van der Waals surface area contributed by atoms with Crippen LogP contribution in [-0.2, 0) is 21.1 Å². The molecule has 5 heteroatoms. The predicted octanol–water partition coefficient (Wildman–Crippen LogP) is -4.77. The van der Waals surface area contributed by atoms with Crippen molar-refractivity contribution in [2.24, 2.45) is 0 Å². The average Bonchev–Trinajstić information content (AvgIpc) is 1.91. The molecule has 0 radical (unpaired) electrons. The van der Waals surface area contributed by atoms with Gasteiger partial charge in [0.1, 0.15) is 0 Å². The molecule has 1 aromatic rings. The van der Waals surface area contributed by atoms with E-state index in [1.807, 2.05) is 39.2 Å². The van der Waals surface area contributed by atoms with Crippen LogP contribution >= 0.6 is 0 Å². The molecule has 0 aliphatic heterocycles. The predicted molar refractivity (Wildman–Crippen MR) is 44.0 cm³/mol. The molecule has 0 spiro atoms. The van der Waals surface area contributed by atoms with Gasteiger partial charge in [0.2, 0.25) is 0 Å². The summed E-state index contributed by atoms with van der Waals surface area (Å²) in [4.78, 5) is 3.98. The summed E-state index contributed by atoms with van der Waals surface area (Å²) < 4.78 is 0. The van der Waals surface area contributed by atoms with Gasteiger partial charge in [0.15, 0.2) is 0 Å². The van der Waals surface area contributed by atoms with Crippen LogP contribution in [0.2, 0.25) is 0 Å². The Hall–Kier alpha value is 0.378. The topological polar surface area (TPSA) is 24.9 Å². The van der Waals surface area contributed by atoms with Crippen LogP contribution in [-0.4, -0.2) is 19.1 Å². The van der Waals surface area contributed by atoms with E-state index in [1.54, 1.807) is 6.20 Å². The Morgan fingerprint density at radius 2 is 1.62 bits per heavy atom. The van der Waals surface area contributed by atoms with E-state index in [0.29, 0.717) is 0 Å². The Labute approximate surface area is 107 Å². The third kappa shape index (κ3) is 19.0. The Kier molecular flexibility index (Phi) is 32.7. The molecule has 0 aromatic carbocycles. The minimum atomic E-state index is 0. The molecule has 0 amide bonds. The molecule has 0 aliphatic carbocycles. The van der Waals surface area contributed by atoms with Crippen molar-refractivity contribution in [2.45, 2.75) is 6.92 Å². The van der Waals surface area contributed by atoms with Gasteiger partial charge in [-0.2, -0.15) is 0 Å². The van der Waals surface area contributed by atoms with E-state index in [2.05, 4.69) is 10.3 Å². The fourth-order valence-corrected chi connectivity index (χ4v) is 0.448. The second-order valence-corrected chi connectivity index (χ2v) is 1.97. The van der Waals surface area contributed by atoms with Gasteiger partial charge in [-0.3, -0.25) is 4.98 Å². The summed E-state index contributed by atoms with van der Waals surface area (Å²) in [6.07, 6.45) is 1.79. The van der Waals surface area contributed by atoms with E-state index in [-0.39, 0.29) is 45.9 Å². The zero-order valence-corrected chi connectivity index (χ0v) is 11.6. The molecule has 0 saturated heterocycles. The third-order valence-electron chi connectivity index (χ3n) is 0.813. The van der Waals surface area contributed by atoms with E-state index < -0.39 is 0 Å². The van der Waals surface area contributed by atoms with Gasteiger partial charge in [-0.05, 0) is 33.2 Å². The van der Waals surface area contributed by atoms with Crippen molar-refractivity contribution >= 4 is 0 Å². The SMILES string of the molecule is CNC.Cc1ccccn1.[Cl-].[Cl-].[Pt+2]. The number of rotatable bonds is 0. The Morgan fingerprint density at radius 3 is 1.77 bits per heavy atom. The van der Waals surface area contributed by atoms with Gasteiger partial charge in [-0.15, -0.1) is 0 Å². The first-order chi connectivity index (χ1) is 4.81. The average molecular weight is 404 g/mol. The summed E-state index contributed by atoms with van der Waals surface area (Å²) in [6.45, 7) is 1.97. The standard InChI is InChI=1S/C6H7N.C2H7N.2ClH.Pt/c1-6-4-2-3-5-7-6;1-3-2;;;/h2-5H,1H3;3H,1-2H3;2*1H;/q;;;;+2/p-2. The maximum absolute atomic E-state index is 3.98. The fraction of sp³-hybridized carbons (Fsp3) is 0.375. The van der Waals surface area contributed by atoms with E-state index in [9.17, 15) is 0 Å². The molecule has 1 N–H and O–H groups in total. The van der Waals surface area contributed by atoms with Crippen molar-refractivity contribution < 1.29 is 45.9 Å². The van der Waals surface area contributed by atoms with Crippen molar-refractivity contribution in [3.63, 3.8) is 0 Å². The second kappa shape index (κ2) is 18.2. The van der Waals surface area contributed by atoms with Crippen molar-refractivity contribution in [1.82, 2.24) is 10.3 Å². The first kappa shape index (κ1) is 23.3. The number of hydrogen-bond donors (Lipinski definition) is 1. The fourth-order valence-electron chi connectivity index (χ4n) is 0.448. The monoisotopic (exact) mass is 403 g/mol. The van der Waals surface area contributed by atoms with Gasteiger partial charge in [0.05, 0.1) is 0 Å². The minimum Gasteiger partial charge on any atom is -1.00 e. The molecule has 0 fully saturated rings. The summed E-state index contributed by atoms with van der Waals surface area (Å²) in [7, 11) is 3.75.